The van der Waals surface area contributed by atoms with Crippen molar-refractivity contribution in [1.29, 1.82) is 0 Å². The van der Waals surface area contributed by atoms with Crippen LogP contribution >= 0.6 is 0 Å². The molecule has 0 N–H and O–H groups in total. The number of aromatic nitrogens is 3. The number of rotatable bonds is 8. The maximum absolute atomic E-state index is 4.77. The number of aryl methyl sites for hydroxylation is 1. The summed E-state index contributed by atoms with van der Waals surface area (Å²) in [6, 6.07) is 2.14. The first-order valence-electron chi connectivity index (χ1n) is 10.9. The summed E-state index contributed by atoms with van der Waals surface area (Å²) in [5.74, 6) is 2.25. The zero-order valence-corrected chi connectivity index (χ0v) is 19.4. The van der Waals surface area contributed by atoms with Crippen molar-refractivity contribution >= 4 is 0 Å². The van der Waals surface area contributed by atoms with E-state index in [2.05, 4.69) is 73.4 Å². The molecule has 2 unspecified atom stereocenters. The first kappa shape index (κ1) is 22.5. The van der Waals surface area contributed by atoms with Crippen molar-refractivity contribution in [3.05, 3.63) is 52.4 Å². The SMILES string of the molecule is Cc1ccnc(C(C)CCC(C)c2ncnc(C(C)C)c2C(C)C)c1C(C)C. The van der Waals surface area contributed by atoms with E-state index >= 15 is 0 Å². The van der Waals surface area contributed by atoms with Gasteiger partial charge in [0.15, 0.2) is 0 Å². The molecular formula is C25H39N3. The lowest BCUT2D eigenvalue weighted by molar-refractivity contribution is 0.543. The molecular weight excluding hydrogens is 342 g/mol. The monoisotopic (exact) mass is 381 g/mol. The van der Waals surface area contributed by atoms with E-state index in [1.807, 2.05) is 6.20 Å². The van der Waals surface area contributed by atoms with Gasteiger partial charge in [0.1, 0.15) is 6.33 Å². The highest BCUT2D eigenvalue weighted by atomic mass is 14.9. The van der Waals surface area contributed by atoms with Gasteiger partial charge >= 0.3 is 0 Å². The molecule has 2 atom stereocenters. The van der Waals surface area contributed by atoms with E-state index in [0.717, 1.165) is 12.8 Å². The number of hydrogen-bond acceptors (Lipinski definition) is 3. The summed E-state index contributed by atoms with van der Waals surface area (Å²) < 4.78 is 0. The molecule has 0 amide bonds. The van der Waals surface area contributed by atoms with Crippen molar-refractivity contribution in [3.63, 3.8) is 0 Å². The fraction of sp³-hybridized carbons (Fsp3) is 0.640. The van der Waals surface area contributed by atoms with Crippen molar-refractivity contribution in [2.75, 3.05) is 0 Å². The third-order valence-electron chi connectivity index (χ3n) is 5.85. The van der Waals surface area contributed by atoms with Gasteiger partial charge in [0, 0.05) is 11.9 Å². The second-order valence-corrected chi connectivity index (χ2v) is 9.33. The summed E-state index contributed by atoms with van der Waals surface area (Å²) in [5, 5.41) is 0. The molecule has 2 aromatic rings. The minimum absolute atomic E-state index is 0.424. The van der Waals surface area contributed by atoms with Crippen molar-refractivity contribution in [2.24, 2.45) is 0 Å². The maximum atomic E-state index is 4.77. The molecule has 2 rings (SSSR count). The fourth-order valence-electron chi connectivity index (χ4n) is 4.38. The summed E-state index contributed by atoms with van der Waals surface area (Å²) in [6.07, 6.45) is 5.96. The van der Waals surface area contributed by atoms with Crippen molar-refractivity contribution in [3.8, 4) is 0 Å². The van der Waals surface area contributed by atoms with Gasteiger partial charge in [0.2, 0.25) is 0 Å². The zero-order chi connectivity index (χ0) is 21.0. The Hall–Kier alpha value is -1.77. The average Bonchev–Trinajstić information content (AvgIpc) is 2.64. The van der Waals surface area contributed by atoms with Gasteiger partial charge in [-0.3, -0.25) is 4.98 Å². The molecule has 3 heteroatoms. The van der Waals surface area contributed by atoms with Crippen LogP contribution in [0.1, 0.15) is 132 Å². The molecule has 0 fully saturated rings. The third kappa shape index (κ3) is 4.98. The van der Waals surface area contributed by atoms with Gasteiger partial charge in [0.25, 0.3) is 0 Å². The van der Waals surface area contributed by atoms with E-state index in [-0.39, 0.29) is 0 Å². The molecule has 0 spiro atoms. The molecule has 0 bridgehead atoms. The Labute approximate surface area is 172 Å². The number of nitrogens with zero attached hydrogens (tertiary/aromatic N) is 3. The summed E-state index contributed by atoms with van der Waals surface area (Å²) in [6.45, 7) is 20.4. The molecule has 154 valence electrons. The highest BCUT2D eigenvalue weighted by Gasteiger charge is 2.22. The molecule has 0 saturated heterocycles. The second-order valence-electron chi connectivity index (χ2n) is 9.33. The van der Waals surface area contributed by atoms with Crippen LogP contribution in [0.25, 0.3) is 0 Å². The van der Waals surface area contributed by atoms with Crippen LogP contribution in [0.3, 0.4) is 0 Å². The molecule has 28 heavy (non-hydrogen) atoms. The van der Waals surface area contributed by atoms with Gasteiger partial charge in [-0.05, 0) is 72.1 Å². The van der Waals surface area contributed by atoms with Crippen molar-refractivity contribution < 1.29 is 0 Å². The van der Waals surface area contributed by atoms with E-state index in [0.29, 0.717) is 29.6 Å². The molecule has 0 aromatic carbocycles. The zero-order valence-electron chi connectivity index (χ0n) is 19.4. The predicted molar refractivity (Wildman–Crippen MR) is 119 cm³/mol. The van der Waals surface area contributed by atoms with Crippen LogP contribution in [0.5, 0.6) is 0 Å². The lowest BCUT2D eigenvalue weighted by atomic mass is 9.84. The summed E-state index contributed by atoms with van der Waals surface area (Å²) in [5.41, 5.74) is 7.87. The van der Waals surface area contributed by atoms with Gasteiger partial charge < -0.3 is 0 Å². The van der Waals surface area contributed by atoms with Crippen LogP contribution in [-0.4, -0.2) is 15.0 Å². The molecule has 2 aromatic heterocycles. The van der Waals surface area contributed by atoms with Gasteiger partial charge in [0.05, 0.1) is 11.4 Å². The minimum Gasteiger partial charge on any atom is -0.261 e. The standard InChI is InChI=1S/C25H39N3/c1-15(2)21-18(7)12-13-26-24(21)19(8)10-11-20(9)25-22(16(3)4)23(17(5)6)27-14-28-25/h12-17,19-20H,10-11H2,1-9H3. The maximum Gasteiger partial charge on any atom is 0.115 e. The van der Waals surface area contributed by atoms with Crippen LogP contribution in [0.4, 0.5) is 0 Å². The predicted octanol–water partition coefficient (Wildman–Crippen LogP) is 7.24. The van der Waals surface area contributed by atoms with E-state index in [1.165, 1.54) is 33.8 Å². The molecule has 0 aliphatic carbocycles. The Balaban J connectivity index is 2.23. The molecule has 0 saturated carbocycles. The minimum atomic E-state index is 0.424. The first-order valence-corrected chi connectivity index (χ1v) is 10.9. The normalized spacial score (nSPS) is 14.1. The molecule has 2 heterocycles. The highest BCUT2D eigenvalue weighted by Crippen LogP contribution is 2.35. The Morgan fingerprint density at radius 3 is 1.64 bits per heavy atom. The van der Waals surface area contributed by atoms with Crippen LogP contribution in [0, 0.1) is 6.92 Å². The van der Waals surface area contributed by atoms with Gasteiger partial charge in [-0.2, -0.15) is 0 Å². The van der Waals surface area contributed by atoms with Crippen molar-refractivity contribution in [1.82, 2.24) is 15.0 Å². The third-order valence-corrected chi connectivity index (χ3v) is 5.85. The van der Waals surface area contributed by atoms with Crippen LogP contribution in [-0.2, 0) is 0 Å². The van der Waals surface area contributed by atoms with Gasteiger partial charge in [-0.15, -0.1) is 0 Å². The summed E-state index contributed by atoms with van der Waals surface area (Å²) in [4.78, 5) is 14.1. The van der Waals surface area contributed by atoms with E-state index in [4.69, 9.17) is 9.97 Å². The van der Waals surface area contributed by atoms with Crippen LogP contribution in [0.15, 0.2) is 18.6 Å². The lowest BCUT2D eigenvalue weighted by Gasteiger charge is -2.24. The van der Waals surface area contributed by atoms with Crippen LogP contribution < -0.4 is 0 Å². The molecule has 0 radical (unpaired) electrons. The van der Waals surface area contributed by atoms with E-state index < -0.39 is 0 Å². The van der Waals surface area contributed by atoms with Crippen LogP contribution in [0.2, 0.25) is 0 Å². The molecule has 0 aliphatic heterocycles. The van der Waals surface area contributed by atoms with Gasteiger partial charge in [-0.25, -0.2) is 9.97 Å². The highest BCUT2D eigenvalue weighted by molar-refractivity contribution is 5.34. The summed E-state index contributed by atoms with van der Waals surface area (Å²) in [7, 11) is 0. The molecule has 0 aliphatic rings. The number of pyridine rings is 1. The average molecular weight is 382 g/mol. The lowest BCUT2D eigenvalue weighted by Crippen LogP contribution is -2.12. The van der Waals surface area contributed by atoms with E-state index in [9.17, 15) is 0 Å². The molecule has 3 nitrogen and oxygen atoms in total. The van der Waals surface area contributed by atoms with Gasteiger partial charge in [-0.1, -0.05) is 55.4 Å². The Morgan fingerprint density at radius 1 is 0.643 bits per heavy atom. The largest absolute Gasteiger partial charge is 0.261 e. The van der Waals surface area contributed by atoms with E-state index in [1.54, 1.807) is 6.33 Å². The second kappa shape index (κ2) is 9.62. The first-order chi connectivity index (χ1) is 13.1. The fourth-order valence-corrected chi connectivity index (χ4v) is 4.38. The summed E-state index contributed by atoms with van der Waals surface area (Å²) >= 11 is 0. The topological polar surface area (TPSA) is 38.7 Å². The Morgan fingerprint density at radius 2 is 1.14 bits per heavy atom. The Bertz CT molecular complexity index is 777. The quantitative estimate of drug-likeness (QED) is 0.484. The van der Waals surface area contributed by atoms with Crippen molar-refractivity contribution in [2.45, 2.75) is 105 Å². The Kier molecular flexibility index (Phi) is 7.74. The number of hydrogen-bond donors (Lipinski definition) is 0. The smallest absolute Gasteiger partial charge is 0.115 e.